The Morgan fingerprint density at radius 2 is 1.79 bits per heavy atom. The summed E-state index contributed by atoms with van der Waals surface area (Å²) in [7, 11) is 1.62. The van der Waals surface area contributed by atoms with Gasteiger partial charge >= 0.3 is 0 Å². The molecule has 1 unspecified atom stereocenters. The lowest BCUT2D eigenvalue weighted by Gasteiger charge is -2.18. The van der Waals surface area contributed by atoms with E-state index in [0.29, 0.717) is 0 Å². The molecule has 0 aromatic heterocycles. The van der Waals surface area contributed by atoms with Gasteiger partial charge in [0.1, 0.15) is 11.0 Å². The van der Waals surface area contributed by atoms with E-state index in [9.17, 15) is 4.79 Å². The van der Waals surface area contributed by atoms with Gasteiger partial charge in [0.2, 0.25) is 5.91 Å². The molecule has 3 aromatic rings. The largest absolute Gasteiger partial charge is 0.497 e. The number of anilines is 1. The molecular weight excluding hydrogens is 366 g/mol. The molecule has 0 radical (unpaired) electrons. The quantitative estimate of drug-likeness (QED) is 0.553. The molecule has 1 amide bonds. The first-order valence-electron chi connectivity index (χ1n) is 9.51. The van der Waals surface area contributed by atoms with Crippen molar-refractivity contribution in [2.45, 2.75) is 29.4 Å². The first-order valence-corrected chi connectivity index (χ1v) is 10.4. The molecule has 0 saturated heterocycles. The Hall–Kier alpha value is -2.72. The van der Waals surface area contributed by atoms with Crippen LogP contribution in [-0.2, 0) is 17.6 Å². The summed E-state index contributed by atoms with van der Waals surface area (Å²) in [6.45, 7) is 0. The molecule has 3 aromatic carbocycles. The highest BCUT2D eigenvalue weighted by Crippen LogP contribution is 2.38. The van der Waals surface area contributed by atoms with E-state index < -0.39 is 0 Å². The van der Waals surface area contributed by atoms with Gasteiger partial charge in [0.05, 0.1) is 7.11 Å². The van der Waals surface area contributed by atoms with Crippen molar-refractivity contribution in [3.8, 4) is 5.75 Å². The normalized spacial score (nSPS) is 13.6. The molecule has 0 saturated carbocycles. The summed E-state index contributed by atoms with van der Waals surface area (Å²) in [4.78, 5) is 14.3. The number of thioether (sulfide) groups is 1. The molecule has 0 fully saturated rings. The number of hydrogen-bond donors (Lipinski definition) is 1. The van der Waals surface area contributed by atoms with Gasteiger partial charge in [0.25, 0.3) is 0 Å². The monoisotopic (exact) mass is 389 g/mol. The fraction of sp³-hybridized carbons (Fsp3) is 0.208. The summed E-state index contributed by atoms with van der Waals surface area (Å²) < 4.78 is 5.26. The van der Waals surface area contributed by atoms with Crippen LogP contribution in [0.2, 0.25) is 0 Å². The van der Waals surface area contributed by atoms with Crippen molar-refractivity contribution in [2.75, 3.05) is 12.4 Å². The maximum Gasteiger partial charge on any atom is 0.242 e. The third kappa shape index (κ3) is 4.23. The molecule has 4 rings (SSSR count). The van der Waals surface area contributed by atoms with Gasteiger partial charge in [0.15, 0.2) is 0 Å². The maximum atomic E-state index is 13.2. The minimum atomic E-state index is -0.327. The van der Waals surface area contributed by atoms with E-state index in [0.717, 1.165) is 28.3 Å². The summed E-state index contributed by atoms with van der Waals surface area (Å²) in [5.74, 6) is 0.685. The van der Waals surface area contributed by atoms with Crippen molar-refractivity contribution in [1.82, 2.24) is 0 Å². The van der Waals surface area contributed by atoms with Gasteiger partial charge < -0.3 is 10.1 Å². The van der Waals surface area contributed by atoms with Crippen LogP contribution in [0.25, 0.3) is 0 Å². The first-order chi connectivity index (χ1) is 13.7. The fourth-order valence-electron chi connectivity index (χ4n) is 3.57. The third-order valence-electron chi connectivity index (χ3n) is 5.00. The van der Waals surface area contributed by atoms with E-state index in [1.54, 1.807) is 18.9 Å². The number of methoxy groups -OCH3 is 1. The lowest BCUT2D eigenvalue weighted by atomic mass is 10.1. The minimum Gasteiger partial charge on any atom is -0.497 e. The van der Waals surface area contributed by atoms with Crippen molar-refractivity contribution in [3.05, 3.63) is 89.5 Å². The van der Waals surface area contributed by atoms with Gasteiger partial charge in [-0.3, -0.25) is 4.79 Å². The molecule has 4 heteroatoms. The summed E-state index contributed by atoms with van der Waals surface area (Å²) in [5, 5.41) is 2.72. The van der Waals surface area contributed by atoms with Crippen LogP contribution in [0.4, 0.5) is 5.69 Å². The predicted molar refractivity (Wildman–Crippen MR) is 115 cm³/mol. The topological polar surface area (TPSA) is 38.3 Å². The third-order valence-corrected chi connectivity index (χ3v) is 6.25. The van der Waals surface area contributed by atoms with Crippen LogP contribution in [0, 0.1) is 0 Å². The smallest absolute Gasteiger partial charge is 0.242 e. The van der Waals surface area contributed by atoms with Crippen LogP contribution in [-0.4, -0.2) is 13.0 Å². The van der Waals surface area contributed by atoms with Crippen LogP contribution in [0.1, 0.15) is 28.4 Å². The van der Waals surface area contributed by atoms with Crippen LogP contribution >= 0.6 is 11.8 Å². The molecule has 1 N–H and O–H groups in total. The van der Waals surface area contributed by atoms with E-state index >= 15 is 0 Å². The standard InChI is InChI=1S/C24H23NO2S/c1-27-21-12-6-11-20(16-21)25-24(26)23(18-7-3-2-4-8-18)28-22-14-13-17-9-5-10-19(17)15-22/h2-4,6-8,11-16,23H,5,9-10H2,1H3,(H,25,26). The number of fused-ring (bicyclic) bond motifs is 1. The Morgan fingerprint density at radius 3 is 2.61 bits per heavy atom. The lowest BCUT2D eigenvalue weighted by molar-refractivity contribution is -0.115. The van der Waals surface area contributed by atoms with E-state index in [2.05, 4.69) is 23.5 Å². The number of aryl methyl sites for hydroxylation is 2. The van der Waals surface area contributed by atoms with Gasteiger partial charge in [-0.05, 0) is 60.2 Å². The Labute approximate surface area is 170 Å². The van der Waals surface area contributed by atoms with Crippen molar-refractivity contribution >= 4 is 23.4 Å². The lowest BCUT2D eigenvalue weighted by Crippen LogP contribution is -2.19. The molecule has 28 heavy (non-hydrogen) atoms. The SMILES string of the molecule is COc1cccc(NC(=O)C(Sc2ccc3c(c2)CCC3)c2ccccc2)c1. The maximum absolute atomic E-state index is 13.2. The number of benzene rings is 3. The molecule has 0 heterocycles. The number of rotatable bonds is 6. The molecule has 1 aliphatic rings. The Kier molecular flexibility index (Phi) is 5.68. The van der Waals surface area contributed by atoms with Crippen LogP contribution in [0.3, 0.4) is 0 Å². The van der Waals surface area contributed by atoms with Gasteiger partial charge in [-0.25, -0.2) is 0 Å². The second-order valence-corrected chi connectivity index (χ2v) is 8.09. The Morgan fingerprint density at radius 1 is 0.964 bits per heavy atom. The summed E-state index contributed by atoms with van der Waals surface area (Å²) >= 11 is 1.60. The van der Waals surface area contributed by atoms with Crippen LogP contribution < -0.4 is 10.1 Å². The van der Waals surface area contributed by atoms with Gasteiger partial charge in [-0.2, -0.15) is 0 Å². The van der Waals surface area contributed by atoms with Crippen molar-refractivity contribution in [1.29, 1.82) is 0 Å². The van der Waals surface area contributed by atoms with E-state index in [4.69, 9.17) is 4.74 Å². The fourth-order valence-corrected chi connectivity index (χ4v) is 4.66. The molecule has 3 nitrogen and oxygen atoms in total. The van der Waals surface area contributed by atoms with Crippen molar-refractivity contribution in [3.63, 3.8) is 0 Å². The van der Waals surface area contributed by atoms with Crippen molar-refractivity contribution in [2.24, 2.45) is 0 Å². The number of carbonyl (C=O) groups excluding carboxylic acids is 1. The Bertz CT molecular complexity index is 971. The summed E-state index contributed by atoms with van der Waals surface area (Å²) in [5.41, 5.74) is 4.60. The predicted octanol–water partition coefficient (Wildman–Crippen LogP) is 5.66. The zero-order valence-corrected chi connectivity index (χ0v) is 16.7. The minimum absolute atomic E-state index is 0.0371. The highest BCUT2D eigenvalue weighted by Gasteiger charge is 2.23. The molecule has 142 valence electrons. The first kappa shape index (κ1) is 18.6. The summed E-state index contributed by atoms with van der Waals surface area (Å²) in [6.07, 6.45) is 3.52. The second-order valence-electron chi connectivity index (χ2n) is 6.91. The van der Waals surface area contributed by atoms with Crippen molar-refractivity contribution < 1.29 is 9.53 Å². The molecular formula is C24H23NO2S. The summed E-state index contributed by atoms with van der Waals surface area (Å²) in [6, 6.07) is 24.0. The molecule has 1 aliphatic carbocycles. The molecule has 0 bridgehead atoms. The van der Waals surface area contributed by atoms with Crippen LogP contribution in [0.5, 0.6) is 5.75 Å². The van der Waals surface area contributed by atoms with Gasteiger partial charge in [0, 0.05) is 16.6 Å². The number of nitrogens with one attached hydrogen (secondary N) is 1. The number of hydrogen-bond acceptors (Lipinski definition) is 3. The molecule has 0 spiro atoms. The van der Waals surface area contributed by atoms with Gasteiger partial charge in [-0.1, -0.05) is 42.5 Å². The number of ether oxygens (including phenoxy) is 1. The number of carbonyl (C=O) groups is 1. The van der Waals surface area contributed by atoms with Crippen LogP contribution in [0.15, 0.2) is 77.7 Å². The number of amides is 1. The molecule has 0 aliphatic heterocycles. The van der Waals surface area contributed by atoms with E-state index in [-0.39, 0.29) is 11.2 Å². The van der Waals surface area contributed by atoms with Gasteiger partial charge in [-0.15, -0.1) is 11.8 Å². The highest BCUT2D eigenvalue weighted by atomic mass is 32.2. The average molecular weight is 390 g/mol. The van der Waals surface area contributed by atoms with E-state index in [1.807, 2.05) is 54.6 Å². The zero-order valence-electron chi connectivity index (χ0n) is 15.9. The average Bonchev–Trinajstić information content (AvgIpc) is 3.20. The second kappa shape index (κ2) is 8.53. The van der Waals surface area contributed by atoms with E-state index in [1.165, 1.54) is 24.0 Å². The highest BCUT2D eigenvalue weighted by molar-refractivity contribution is 8.00. The zero-order chi connectivity index (χ0) is 19.3. The Balaban J connectivity index is 1.59. The molecule has 1 atom stereocenters.